The minimum Gasteiger partial charge on any atom is -0.449 e. The number of cyclic esters (lactones) is 1. The molecule has 0 N–H and O–H groups in total. The molecule has 0 aliphatic carbocycles. The molecule has 1 atom stereocenters. The first-order valence-electron chi connectivity index (χ1n) is 13.3. The van der Waals surface area contributed by atoms with Crippen LogP contribution in [-0.2, 0) is 9.53 Å². The Balaban J connectivity index is 1.50. The van der Waals surface area contributed by atoms with Crippen molar-refractivity contribution in [2.75, 3.05) is 24.6 Å². The van der Waals surface area contributed by atoms with Crippen LogP contribution < -0.4 is 4.90 Å². The van der Waals surface area contributed by atoms with Crippen LogP contribution in [0.2, 0.25) is 0 Å². The number of likely N-dealkylation sites (tertiary alicyclic amines) is 1. The van der Waals surface area contributed by atoms with Crippen molar-refractivity contribution in [3.8, 4) is 11.1 Å². The van der Waals surface area contributed by atoms with Crippen molar-refractivity contribution in [1.29, 1.82) is 0 Å². The number of carbonyl (C=O) groups excluding carboxylic acids is 2. The topological polar surface area (TPSA) is 93.7 Å². The first-order chi connectivity index (χ1) is 19.2. The maximum absolute atomic E-state index is 14.3. The Bertz CT molecular complexity index is 1600. The van der Waals surface area contributed by atoms with Gasteiger partial charge in [-0.1, -0.05) is 11.2 Å². The molecule has 40 heavy (non-hydrogen) atoms. The van der Waals surface area contributed by atoms with Gasteiger partial charge in [0.15, 0.2) is 11.6 Å². The van der Waals surface area contributed by atoms with Gasteiger partial charge in [-0.3, -0.25) is 9.69 Å². The Kier molecular flexibility index (Phi) is 6.52. The van der Waals surface area contributed by atoms with Gasteiger partial charge in [0.2, 0.25) is 5.91 Å². The molecule has 4 aromatic rings. The van der Waals surface area contributed by atoms with Gasteiger partial charge in [0.25, 0.3) is 0 Å². The molecule has 2 aliphatic rings. The maximum Gasteiger partial charge on any atom is 0.414 e. The largest absolute Gasteiger partial charge is 0.449 e. The van der Waals surface area contributed by atoms with Crippen LogP contribution in [0.1, 0.15) is 55.5 Å². The molecule has 0 radical (unpaired) electrons. The third-order valence-corrected chi connectivity index (χ3v) is 7.92. The summed E-state index contributed by atoms with van der Waals surface area (Å²) in [5, 5.41) is 4.08. The normalized spacial score (nSPS) is 18.4. The molecule has 11 heteroatoms. The van der Waals surface area contributed by atoms with E-state index < -0.39 is 23.8 Å². The highest BCUT2D eigenvalue weighted by atomic mass is 19.2. The van der Waals surface area contributed by atoms with Crippen LogP contribution in [-0.4, -0.2) is 51.3 Å². The summed E-state index contributed by atoms with van der Waals surface area (Å²) >= 11 is 0. The van der Waals surface area contributed by atoms with Gasteiger partial charge in [-0.25, -0.2) is 18.6 Å². The number of anilines is 1. The number of nitrogens with zero attached hydrogens (tertiary/aromatic N) is 5. The monoisotopic (exact) mass is 549 g/mol. The smallest absolute Gasteiger partial charge is 0.414 e. The second-order valence-electron chi connectivity index (χ2n) is 10.4. The predicted molar refractivity (Wildman–Crippen MR) is 143 cm³/mol. The second kappa shape index (κ2) is 10.0. The van der Waals surface area contributed by atoms with Crippen molar-refractivity contribution in [3.05, 3.63) is 65.3 Å². The van der Waals surface area contributed by atoms with Crippen LogP contribution in [0.3, 0.4) is 0 Å². The molecule has 2 fully saturated rings. The molecule has 2 saturated heterocycles. The summed E-state index contributed by atoms with van der Waals surface area (Å²) in [4.78, 5) is 33.3. The van der Waals surface area contributed by atoms with Crippen LogP contribution >= 0.6 is 0 Å². The third kappa shape index (κ3) is 4.39. The third-order valence-electron chi connectivity index (χ3n) is 7.92. The number of imidazole rings is 1. The molecule has 208 valence electrons. The molecule has 0 bridgehead atoms. The van der Waals surface area contributed by atoms with E-state index in [9.17, 15) is 18.4 Å². The maximum atomic E-state index is 14.3. The Morgan fingerprint density at radius 3 is 2.48 bits per heavy atom. The zero-order chi connectivity index (χ0) is 28.1. The van der Waals surface area contributed by atoms with Crippen LogP contribution in [0.25, 0.3) is 22.2 Å². The number of amides is 2. The van der Waals surface area contributed by atoms with E-state index in [4.69, 9.17) is 14.2 Å². The number of hydrogen-bond acceptors (Lipinski definition) is 6. The average Bonchev–Trinajstić information content (AvgIpc) is 3.48. The van der Waals surface area contributed by atoms with Crippen LogP contribution in [0.5, 0.6) is 0 Å². The highest BCUT2D eigenvalue weighted by Crippen LogP contribution is 2.40. The minimum absolute atomic E-state index is 0.0188. The lowest BCUT2D eigenvalue weighted by Crippen LogP contribution is -2.43. The summed E-state index contributed by atoms with van der Waals surface area (Å²) in [6.07, 6.45) is 1.19. The van der Waals surface area contributed by atoms with Gasteiger partial charge in [-0.15, -0.1) is 0 Å². The van der Waals surface area contributed by atoms with Gasteiger partial charge >= 0.3 is 6.09 Å². The number of aryl methyl sites for hydroxylation is 2. The zero-order valence-electron chi connectivity index (χ0n) is 22.5. The minimum atomic E-state index is -1.05. The van der Waals surface area contributed by atoms with E-state index in [-0.39, 0.29) is 24.2 Å². The van der Waals surface area contributed by atoms with Gasteiger partial charge in [0.05, 0.1) is 29.0 Å². The number of halogens is 2. The predicted octanol–water partition coefficient (Wildman–Crippen LogP) is 5.86. The average molecular weight is 550 g/mol. The number of fused-ring (bicyclic) bond motifs is 1. The van der Waals surface area contributed by atoms with Crippen LogP contribution in [0.4, 0.5) is 19.3 Å². The molecule has 2 aromatic heterocycles. The van der Waals surface area contributed by atoms with Gasteiger partial charge in [-0.05, 0) is 56.5 Å². The molecular weight excluding hydrogens is 520 g/mol. The fourth-order valence-electron chi connectivity index (χ4n) is 5.97. The molecule has 0 saturated carbocycles. The molecule has 2 amide bonds. The Morgan fingerprint density at radius 1 is 1.02 bits per heavy atom. The number of hydrogen-bond donors (Lipinski definition) is 0. The van der Waals surface area contributed by atoms with E-state index >= 15 is 0 Å². The van der Waals surface area contributed by atoms with E-state index in [2.05, 4.69) is 9.72 Å². The molecule has 0 spiro atoms. The lowest BCUT2D eigenvalue weighted by atomic mass is 10.0. The summed E-state index contributed by atoms with van der Waals surface area (Å²) in [5.41, 5.74) is 4.38. The van der Waals surface area contributed by atoms with Gasteiger partial charge in [0, 0.05) is 44.1 Å². The number of benzene rings is 2. The number of rotatable bonds is 4. The van der Waals surface area contributed by atoms with Gasteiger partial charge in [-0.2, -0.15) is 0 Å². The van der Waals surface area contributed by atoms with Crippen molar-refractivity contribution < 1.29 is 27.6 Å². The summed E-state index contributed by atoms with van der Waals surface area (Å²) in [5.74, 6) is -0.676. The standard InChI is InChI=1S/C29H29F2N5O4/c1-16-27(17(2)40-33-16)19-4-7-25-24(14-19)32-28(35(25)20-8-11-34(12-9-20)18(3)37)26-10-13-39-29(38)36(26)21-5-6-22(30)23(31)15-21/h4-7,14-15,20,26H,8-13H2,1-3H3/t26-/m0/s1. The molecule has 0 unspecified atom stereocenters. The number of piperidine rings is 1. The lowest BCUT2D eigenvalue weighted by molar-refractivity contribution is -0.130. The molecule has 2 aliphatic heterocycles. The highest BCUT2D eigenvalue weighted by molar-refractivity contribution is 5.90. The van der Waals surface area contributed by atoms with Crippen molar-refractivity contribution >= 4 is 28.7 Å². The SMILES string of the molecule is CC(=O)N1CCC(n2c([C@@H]3CCOC(=O)N3c3ccc(F)c(F)c3)nc3cc(-c4c(C)noc4C)ccc32)CC1. The van der Waals surface area contributed by atoms with E-state index in [0.29, 0.717) is 43.9 Å². The van der Waals surface area contributed by atoms with Gasteiger partial charge in [0.1, 0.15) is 17.6 Å². The number of ether oxygens (including phenoxy) is 1. The van der Waals surface area contributed by atoms with Crippen molar-refractivity contribution in [1.82, 2.24) is 19.6 Å². The zero-order valence-corrected chi connectivity index (χ0v) is 22.5. The van der Waals surface area contributed by atoms with E-state index in [0.717, 1.165) is 40.0 Å². The van der Waals surface area contributed by atoms with Crippen LogP contribution in [0.15, 0.2) is 40.9 Å². The lowest BCUT2D eigenvalue weighted by Gasteiger charge is -2.37. The first-order valence-corrected chi connectivity index (χ1v) is 13.3. The summed E-state index contributed by atoms with van der Waals surface area (Å²) in [7, 11) is 0. The summed E-state index contributed by atoms with van der Waals surface area (Å²) in [6.45, 7) is 6.70. The van der Waals surface area contributed by atoms with Crippen molar-refractivity contribution in [2.24, 2.45) is 0 Å². The Labute approximate surface area is 229 Å². The first kappa shape index (κ1) is 26.0. The van der Waals surface area contributed by atoms with E-state index in [1.54, 1.807) is 6.92 Å². The van der Waals surface area contributed by atoms with E-state index in [1.165, 1.54) is 11.0 Å². The van der Waals surface area contributed by atoms with Gasteiger partial charge < -0.3 is 18.7 Å². The fourth-order valence-corrected chi connectivity index (χ4v) is 5.97. The molecule has 9 nitrogen and oxygen atoms in total. The Morgan fingerprint density at radius 2 is 1.80 bits per heavy atom. The fraction of sp³-hybridized carbons (Fsp3) is 0.379. The molecule has 6 rings (SSSR count). The summed E-state index contributed by atoms with van der Waals surface area (Å²) in [6, 6.07) is 8.80. The summed E-state index contributed by atoms with van der Waals surface area (Å²) < 4.78 is 40.9. The molecule has 2 aromatic carbocycles. The molecule has 4 heterocycles. The second-order valence-corrected chi connectivity index (χ2v) is 10.4. The number of aromatic nitrogens is 3. The van der Waals surface area contributed by atoms with Crippen LogP contribution in [0, 0.1) is 25.5 Å². The number of carbonyl (C=O) groups is 2. The molecular formula is C29H29F2N5O4. The van der Waals surface area contributed by atoms with Crippen molar-refractivity contribution in [3.63, 3.8) is 0 Å². The quantitative estimate of drug-likeness (QED) is 0.317. The van der Waals surface area contributed by atoms with Crippen molar-refractivity contribution in [2.45, 2.75) is 52.1 Å². The Hall–Kier alpha value is -4.28. The van der Waals surface area contributed by atoms with E-state index in [1.807, 2.05) is 36.9 Å². The highest BCUT2D eigenvalue weighted by Gasteiger charge is 2.38.